The van der Waals surface area contributed by atoms with E-state index < -0.39 is 0 Å². The highest BCUT2D eigenvalue weighted by molar-refractivity contribution is 5.90. The lowest BCUT2D eigenvalue weighted by Crippen LogP contribution is -2.28. The van der Waals surface area contributed by atoms with Gasteiger partial charge in [-0.3, -0.25) is 14.4 Å². The van der Waals surface area contributed by atoms with Crippen LogP contribution in [0.4, 0.5) is 5.69 Å². The molecule has 0 atom stereocenters. The highest BCUT2D eigenvalue weighted by Crippen LogP contribution is 2.15. The molecule has 1 aromatic carbocycles. The second-order valence-corrected chi connectivity index (χ2v) is 5.30. The highest BCUT2D eigenvalue weighted by atomic mass is 16.5. The van der Waals surface area contributed by atoms with Crippen LogP contribution in [-0.4, -0.2) is 29.5 Å². The average Bonchev–Trinajstić information content (AvgIpc) is 2.61. The van der Waals surface area contributed by atoms with Gasteiger partial charge in [-0.2, -0.15) is 0 Å². The fraction of sp³-hybridized carbons (Fsp3) is 0.278. The third-order valence-corrected chi connectivity index (χ3v) is 3.36. The Hall–Kier alpha value is -3.09. The first-order chi connectivity index (χ1) is 12.1. The Balaban J connectivity index is 1.80. The van der Waals surface area contributed by atoms with Gasteiger partial charge in [-0.1, -0.05) is 6.07 Å². The maximum atomic E-state index is 12.0. The highest BCUT2D eigenvalue weighted by Gasteiger charge is 2.05. The summed E-state index contributed by atoms with van der Waals surface area (Å²) in [5.74, 6) is 0.169. The summed E-state index contributed by atoms with van der Waals surface area (Å²) >= 11 is 0. The lowest BCUT2D eigenvalue weighted by Gasteiger charge is -2.09. The van der Waals surface area contributed by atoms with Crippen LogP contribution in [0, 0.1) is 0 Å². The number of amides is 2. The van der Waals surface area contributed by atoms with Crippen LogP contribution in [-0.2, 0) is 16.1 Å². The van der Waals surface area contributed by atoms with E-state index in [2.05, 4.69) is 10.6 Å². The molecular formula is C18H21N3O4. The molecule has 0 unspecified atom stereocenters. The first kappa shape index (κ1) is 18.3. The Bertz CT molecular complexity index is 768. The molecule has 1 aromatic heterocycles. The molecule has 0 aliphatic heterocycles. The molecule has 25 heavy (non-hydrogen) atoms. The maximum absolute atomic E-state index is 12.0. The molecule has 0 saturated heterocycles. The van der Waals surface area contributed by atoms with Gasteiger partial charge in [0.15, 0.2) is 6.61 Å². The van der Waals surface area contributed by atoms with Gasteiger partial charge in [0, 0.05) is 37.5 Å². The summed E-state index contributed by atoms with van der Waals surface area (Å²) in [6.45, 7) is 2.66. The molecule has 132 valence electrons. The molecular weight excluding hydrogens is 322 g/mol. The van der Waals surface area contributed by atoms with E-state index in [-0.39, 0.29) is 30.4 Å². The zero-order valence-corrected chi connectivity index (χ0v) is 14.0. The number of nitrogens with zero attached hydrogens (tertiary/aromatic N) is 1. The molecule has 0 spiro atoms. The minimum atomic E-state index is -0.188. The van der Waals surface area contributed by atoms with Crippen molar-refractivity contribution in [3.8, 4) is 5.75 Å². The Kier molecular flexibility index (Phi) is 6.76. The Morgan fingerprint density at radius 2 is 1.84 bits per heavy atom. The summed E-state index contributed by atoms with van der Waals surface area (Å²) in [5.41, 5.74) is 0.486. The minimum Gasteiger partial charge on any atom is -0.484 e. The van der Waals surface area contributed by atoms with Crippen LogP contribution < -0.4 is 20.9 Å². The van der Waals surface area contributed by atoms with Crippen LogP contribution in [0.1, 0.15) is 13.3 Å². The van der Waals surface area contributed by atoms with Crippen molar-refractivity contribution in [2.24, 2.45) is 0 Å². The zero-order valence-electron chi connectivity index (χ0n) is 14.0. The van der Waals surface area contributed by atoms with Crippen LogP contribution in [0.3, 0.4) is 0 Å². The van der Waals surface area contributed by atoms with Gasteiger partial charge in [-0.25, -0.2) is 0 Å². The van der Waals surface area contributed by atoms with Crippen molar-refractivity contribution in [2.45, 2.75) is 19.9 Å². The third-order valence-electron chi connectivity index (χ3n) is 3.36. The third kappa shape index (κ3) is 6.14. The Labute approximate surface area is 145 Å². The van der Waals surface area contributed by atoms with E-state index in [1.807, 2.05) is 6.92 Å². The lowest BCUT2D eigenvalue weighted by atomic mass is 10.3. The molecule has 0 bridgehead atoms. The molecule has 2 amide bonds. The SMILES string of the molecule is CCNC(=O)COc1ccc(NC(=O)CCn2ccccc2=O)cc1. The van der Waals surface area contributed by atoms with Gasteiger partial charge in [0.05, 0.1) is 0 Å². The van der Waals surface area contributed by atoms with Gasteiger partial charge in [-0.05, 0) is 37.3 Å². The van der Waals surface area contributed by atoms with Crippen molar-refractivity contribution < 1.29 is 14.3 Å². The molecule has 0 fully saturated rings. The molecule has 0 radical (unpaired) electrons. The number of likely N-dealkylation sites (N-methyl/N-ethyl adjacent to an activating group) is 1. The second kappa shape index (κ2) is 9.27. The van der Waals surface area contributed by atoms with Gasteiger partial charge in [-0.15, -0.1) is 0 Å². The van der Waals surface area contributed by atoms with Crippen LogP contribution in [0.15, 0.2) is 53.5 Å². The fourth-order valence-corrected chi connectivity index (χ4v) is 2.12. The van der Waals surface area contributed by atoms with Gasteiger partial charge in [0.1, 0.15) is 5.75 Å². The van der Waals surface area contributed by atoms with Crippen molar-refractivity contribution in [1.29, 1.82) is 0 Å². The van der Waals surface area contributed by atoms with Crippen molar-refractivity contribution >= 4 is 17.5 Å². The van der Waals surface area contributed by atoms with E-state index in [1.165, 1.54) is 10.6 Å². The Morgan fingerprint density at radius 3 is 2.52 bits per heavy atom. The van der Waals surface area contributed by atoms with Crippen molar-refractivity contribution in [1.82, 2.24) is 9.88 Å². The fourth-order valence-electron chi connectivity index (χ4n) is 2.12. The summed E-state index contributed by atoms with van der Waals surface area (Å²) in [6, 6.07) is 11.6. The molecule has 2 N–H and O–H groups in total. The van der Waals surface area contributed by atoms with Gasteiger partial charge in [0.2, 0.25) is 5.91 Å². The smallest absolute Gasteiger partial charge is 0.257 e. The summed E-state index contributed by atoms with van der Waals surface area (Å²) < 4.78 is 6.82. The number of nitrogens with one attached hydrogen (secondary N) is 2. The maximum Gasteiger partial charge on any atom is 0.257 e. The van der Waals surface area contributed by atoms with Crippen molar-refractivity contribution in [2.75, 3.05) is 18.5 Å². The minimum absolute atomic E-state index is 0.0502. The molecule has 7 heteroatoms. The number of ether oxygens (including phenoxy) is 1. The van der Waals surface area contributed by atoms with Crippen molar-refractivity contribution in [3.05, 3.63) is 59.0 Å². The van der Waals surface area contributed by atoms with Crippen LogP contribution in [0.25, 0.3) is 0 Å². The standard InChI is InChI=1S/C18H21N3O4/c1-2-19-17(23)13-25-15-8-6-14(7-9-15)20-16(22)10-12-21-11-4-3-5-18(21)24/h3-9,11H,2,10,12-13H2,1H3,(H,19,23)(H,20,22). The van der Waals surface area contributed by atoms with Crippen LogP contribution in [0.2, 0.25) is 0 Å². The summed E-state index contributed by atoms with van der Waals surface area (Å²) in [7, 11) is 0. The number of aromatic nitrogens is 1. The summed E-state index contributed by atoms with van der Waals surface area (Å²) in [6.07, 6.45) is 1.84. The van der Waals surface area contributed by atoms with E-state index in [9.17, 15) is 14.4 Å². The Morgan fingerprint density at radius 1 is 1.08 bits per heavy atom. The number of carbonyl (C=O) groups excluding carboxylic acids is 2. The number of anilines is 1. The first-order valence-electron chi connectivity index (χ1n) is 8.03. The van der Waals surface area contributed by atoms with E-state index in [4.69, 9.17) is 4.74 Å². The van der Waals surface area contributed by atoms with Gasteiger partial charge < -0.3 is 19.9 Å². The number of hydrogen-bond acceptors (Lipinski definition) is 4. The van der Waals surface area contributed by atoms with Gasteiger partial charge in [0.25, 0.3) is 11.5 Å². The summed E-state index contributed by atoms with van der Waals surface area (Å²) in [4.78, 5) is 34.8. The predicted molar refractivity (Wildman–Crippen MR) is 94.6 cm³/mol. The predicted octanol–water partition coefficient (Wildman–Crippen LogP) is 1.39. The average molecular weight is 343 g/mol. The molecule has 2 rings (SSSR count). The molecule has 0 saturated carbocycles. The molecule has 1 heterocycles. The molecule has 7 nitrogen and oxygen atoms in total. The molecule has 0 aliphatic carbocycles. The number of benzene rings is 1. The van der Waals surface area contributed by atoms with E-state index in [1.54, 1.807) is 42.6 Å². The first-order valence-corrected chi connectivity index (χ1v) is 8.03. The molecule has 0 aliphatic rings. The number of aryl methyl sites for hydroxylation is 1. The number of rotatable bonds is 8. The largest absolute Gasteiger partial charge is 0.484 e. The second-order valence-electron chi connectivity index (χ2n) is 5.30. The van der Waals surface area contributed by atoms with Gasteiger partial charge >= 0.3 is 0 Å². The van der Waals surface area contributed by atoms with E-state index in [0.29, 0.717) is 24.5 Å². The normalized spacial score (nSPS) is 10.1. The zero-order chi connectivity index (χ0) is 18.1. The molecule has 2 aromatic rings. The van der Waals surface area contributed by atoms with Crippen LogP contribution >= 0.6 is 0 Å². The summed E-state index contributed by atoms with van der Waals surface area (Å²) in [5, 5.41) is 5.39. The topological polar surface area (TPSA) is 89.4 Å². The lowest BCUT2D eigenvalue weighted by molar-refractivity contribution is -0.123. The number of pyridine rings is 1. The number of hydrogen-bond donors (Lipinski definition) is 2. The monoisotopic (exact) mass is 343 g/mol. The number of carbonyl (C=O) groups is 2. The van der Waals surface area contributed by atoms with E-state index >= 15 is 0 Å². The van der Waals surface area contributed by atoms with Crippen molar-refractivity contribution in [3.63, 3.8) is 0 Å². The quantitative estimate of drug-likeness (QED) is 0.758. The van der Waals surface area contributed by atoms with Crippen LogP contribution in [0.5, 0.6) is 5.75 Å². The van der Waals surface area contributed by atoms with E-state index in [0.717, 1.165) is 0 Å².